The molecule has 0 saturated carbocycles. The minimum atomic E-state index is -0.533. The van der Waals surface area contributed by atoms with Crippen molar-refractivity contribution in [3.05, 3.63) is 59.3 Å². The van der Waals surface area contributed by atoms with Gasteiger partial charge in [0, 0.05) is 5.70 Å². The molecule has 24 heavy (non-hydrogen) atoms. The van der Waals surface area contributed by atoms with E-state index in [1.54, 1.807) is 6.92 Å². The van der Waals surface area contributed by atoms with E-state index in [0.29, 0.717) is 17.9 Å². The molecule has 0 aliphatic carbocycles. The van der Waals surface area contributed by atoms with E-state index in [1.165, 1.54) is 0 Å². The van der Waals surface area contributed by atoms with Crippen molar-refractivity contribution < 1.29 is 14.3 Å². The van der Waals surface area contributed by atoms with Crippen LogP contribution in [0.4, 0.5) is 4.79 Å². The van der Waals surface area contributed by atoms with Gasteiger partial charge in [-0.05, 0) is 29.7 Å². The number of rotatable bonds is 4. The highest BCUT2D eigenvalue weighted by molar-refractivity contribution is 5.97. The molecule has 2 aromatic rings. The van der Waals surface area contributed by atoms with Crippen molar-refractivity contribution in [3.8, 4) is 0 Å². The van der Waals surface area contributed by atoms with Gasteiger partial charge in [-0.1, -0.05) is 49.4 Å². The summed E-state index contributed by atoms with van der Waals surface area (Å²) in [7, 11) is 0. The Morgan fingerprint density at radius 2 is 1.92 bits per heavy atom. The molecule has 0 fully saturated rings. The van der Waals surface area contributed by atoms with Crippen molar-refractivity contribution in [2.75, 3.05) is 6.61 Å². The summed E-state index contributed by atoms with van der Waals surface area (Å²) in [6.07, 6.45) is 0.747. The van der Waals surface area contributed by atoms with Crippen molar-refractivity contribution in [1.29, 1.82) is 0 Å². The van der Waals surface area contributed by atoms with Crippen LogP contribution in [0.2, 0.25) is 0 Å². The van der Waals surface area contributed by atoms with Crippen LogP contribution in [0.5, 0.6) is 0 Å². The molecule has 5 heteroatoms. The van der Waals surface area contributed by atoms with Gasteiger partial charge in [-0.25, -0.2) is 9.59 Å². The van der Waals surface area contributed by atoms with Gasteiger partial charge in [0.15, 0.2) is 0 Å². The first-order valence-electron chi connectivity index (χ1n) is 8.05. The summed E-state index contributed by atoms with van der Waals surface area (Å²) in [5.41, 5.74) is 1.85. The number of hydrogen-bond acceptors (Lipinski definition) is 3. The maximum Gasteiger partial charge on any atom is 0.338 e. The fraction of sp³-hybridized carbons (Fsp3) is 0.263. The maximum absolute atomic E-state index is 12.5. The number of urea groups is 1. The molecule has 1 aliphatic heterocycles. The smallest absolute Gasteiger partial charge is 0.338 e. The zero-order valence-electron chi connectivity index (χ0n) is 13.8. The number of carbonyl (C=O) groups is 2. The summed E-state index contributed by atoms with van der Waals surface area (Å²) in [6, 6.07) is 12.9. The first-order chi connectivity index (χ1) is 11.6. The van der Waals surface area contributed by atoms with E-state index < -0.39 is 12.0 Å². The quantitative estimate of drug-likeness (QED) is 0.847. The lowest BCUT2D eigenvalue weighted by atomic mass is 9.91. The zero-order valence-corrected chi connectivity index (χ0v) is 13.8. The molecule has 5 nitrogen and oxygen atoms in total. The van der Waals surface area contributed by atoms with Gasteiger partial charge < -0.3 is 15.4 Å². The average molecular weight is 324 g/mol. The van der Waals surface area contributed by atoms with E-state index in [2.05, 4.69) is 10.6 Å². The third kappa shape index (κ3) is 2.97. The van der Waals surface area contributed by atoms with E-state index in [4.69, 9.17) is 4.74 Å². The van der Waals surface area contributed by atoms with Crippen molar-refractivity contribution in [3.63, 3.8) is 0 Å². The highest BCUT2D eigenvalue weighted by atomic mass is 16.5. The number of allylic oxidation sites excluding steroid dienone is 1. The fourth-order valence-electron chi connectivity index (χ4n) is 2.97. The molecule has 0 aromatic heterocycles. The molecule has 2 N–H and O–H groups in total. The van der Waals surface area contributed by atoms with Crippen LogP contribution in [-0.2, 0) is 9.53 Å². The van der Waals surface area contributed by atoms with E-state index in [0.717, 1.165) is 22.8 Å². The third-order valence-electron chi connectivity index (χ3n) is 4.06. The molecule has 0 bridgehead atoms. The Hall–Kier alpha value is -2.82. The molecule has 2 aromatic carbocycles. The zero-order chi connectivity index (χ0) is 17.1. The molecule has 0 unspecified atom stereocenters. The molecule has 0 saturated heterocycles. The topological polar surface area (TPSA) is 67.4 Å². The number of nitrogens with one attached hydrogen (secondary N) is 2. The van der Waals surface area contributed by atoms with Gasteiger partial charge in [-0.3, -0.25) is 0 Å². The highest BCUT2D eigenvalue weighted by Crippen LogP contribution is 2.32. The predicted octanol–water partition coefficient (Wildman–Crippen LogP) is 3.42. The Morgan fingerprint density at radius 3 is 2.71 bits per heavy atom. The van der Waals surface area contributed by atoms with Gasteiger partial charge in [0.25, 0.3) is 0 Å². The van der Waals surface area contributed by atoms with Crippen LogP contribution < -0.4 is 10.6 Å². The Bertz CT molecular complexity index is 821. The average Bonchev–Trinajstić information content (AvgIpc) is 2.58. The molecule has 1 aliphatic rings. The minimum Gasteiger partial charge on any atom is -0.462 e. The van der Waals surface area contributed by atoms with Crippen LogP contribution in [0.1, 0.15) is 31.9 Å². The van der Waals surface area contributed by atoms with Crippen molar-refractivity contribution >= 4 is 22.8 Å². The van der Waals surface area contributed by atoms with E-state index in [9.17, 15) is 9.59 Å². The SMILES string of the molecule is CCCOC(=O)C1=C(C)NC(=O)N[C@H]1c1cccc2ccccc12. The normalized spacial score (nSPS) is 17.4. The summed E-state index contributed by atoms with van der Waals surface area (Å²) in [5.74, 6) is -0.403. The number of esters is 1. The summed E-state index contributed by atoms with van der Waals surface area (Å²) < 4.78 is 5.31. The van der Waals surface area contributed by atoms with Gasteiger partial charge in [-0.2, -0.15) is 0 Å². The summed E-state index contributed by atoms with van der Waals surface area (Å²) >= 11 is 0. The summed E-state index contributed by atoms with van der Waals surface area (Å²) in [6.45, 7) is 4.02. The van der Waals surface area contributed by atoms with Crippen LogP contribution in [0.15, 0.2) is 53.7 Å². The lowest BCUT2D eigenvalue weighted by Crippen LogP contribution is -2.45. The molecule has 2 amide bonds. The Kier molecular flexibility index (Phi) is 4.51. The fourth-order valence-corrected chi connectivity index (χ4v) is 2.97. The second-order valence-corrected chi connectivity index (χ2v) is 5.77. The Labute approximate surface area is 140 Å². The van der Waals surface area contributed by atoms with Crippen molar-refractivity contribution in [2.24, 2.45) is 0 Å². The third-order valence-corrected chi connectivity index (χ3v) is 4.06. The molecule has 3 rings (SSSR count). The molecule has 0 radical (unpaired) electrons. The second kappa shape index (κ2) is 6.74. The highest BCUT2D eigenvalue weighted by Gasteiger charge is 2.32. The van der Waals surface area contributed by atoms with E-state index >= 15 is 0 Å². The van der Waals surface area contributed by atoms with Crippen LogP contribution >= 0.6 is 0 Å². The molecule has 1 atom stereocenters. The number of carbonyl (C=O) groups excluding carboxylic acids is 2. The van der Waals surface area contributed by atoms with Gasteiger partial charge in [0.1, 0.15) is 0 Å². The summed E-state index contributed by atoms with van der Waals surface area (Å²) in [4.78, 5) is 24.5. The standard InChI is InChI=1S/C19H20N2O3/c1-3-11-24-18(22)16-12(2)20-19(23)21-17(16)15-10-6-8-13-7-4-5-9-14(13)15/h4-10,17H,3,11H2,1-2H3,(H2,20,21,23)/t17-/m0/s1. The van der Waals surface area contributed by atoms with Crippen LogP contribution in [0.25, 0.3) is 10.8 Å². The van der Waals surface area contributed by atoms with Crippen LogP contribution in [0, 0.1) is 0 Å². The van der Waals surface area contributed by atoms with Gasteiger partial charge >= 0.3 is 12.0 Å². The number of fused-ring (bicyclic) bond motifs is 1. The lowest BCUT2D eigenvalue weighted by molar-refractivity contribution is -0.139. The largest absolute Gasteiger partial charge is 0.462 e. The first-order valence-corrected chi connectivity index (χ1v) is 8.05. The van der Waals surface area contributed by atoms with E-state index in [-0.39, 0.29) is 6.03 Å². The predicted molar refractivity (Wildman–Crippen MR) is 92.3 cm³/mol. The first kappa shape index (κ1) is 16.1. The number of hydrogen-bond donors (Lipinski definition) is 2. The number of benzene rings is 2. The lowest BCUT2D eigenvalue weighted by Gasteiger charge is -2.29. The van der Waals surface area contributed by atoms with Gasteiger partial charge in [0.2, 0.25) is 0 Å². The minimum absolute atomic E-state index is 0.322. The van der Waals surface area contributed by atoms with Crippen LogP contribution in [0.3, 0.4) is 0 Å². The second-order valence-electron chi connectivity index (χ2n) is 5.77. The van der Waals surface area contributed by atoms with Crippen molar-refractivity contribution in [2.45, 2.75) is 26.3 Å². The van der Waals surface area contributed by atoms with Gasteiger partial charge in [-0.15, -0.1) is 0 Å². The molecule has 1 heterocycles. The summed E-state index contributed by atoms with van der Waals surface area (Å²) in [5, 5.41) is 7.57. The maximum atomic E-state index is 12.5. The molecule has 0 spiro atoms. The Morgan fingerprint density at radius 1 is 1.17 bits per heavy atom. The molecular formula is C19H20N2O3. The van der Waals surface area contributed by atoms with Gasteiger partial charge in [0.05, 0.1) is 18.2 Å². The monoisotopic (exact) mass is 324 g/mol. The number of ether oxygens (including phenoxy) is 1. The number of amides is 2. The molecular weight excluding hydrogens is 304 g/mol. The van der Waals surface area contributed by atoms with Crippen molar-refractivity contribution in [1.82, 2.24) is 10.6 Å². The molecule has 124 valence electrons. The Balaban J connectivity index is 2.10. The van der Waals surface area contributed by atoms with Crippen LogP contribution in [-0.4, -0.2) is 18.6 Å². The van der Waals surface area contributed by atoms with E-state index in [1.807, 2.05) is 49.4 Å².